The van der Waals surface area contributed by atoms with Gasteiger partial charge in [0, 0.05) is 13.1 Å². The number of alkyl halides is 1. The van der Waals surface area contributed by atoms with Crippen molar-refractivity contribution >= 4 is 74.9 Å². The van der Waals surface area contributed by atoms with Crippen molar-refractivity contribution in [2.24, 2.45) is 0 Å². The molecule has 0 aliphatic carbocycles. The van der Waals surface area contributed by atoms with E-state index in [-0.39, 0.29) is 46.4 Å². The zero-order valence-electron chi connectivity index (χ0n) is 19.3. The second-order valence-electron chi connectivity index (χ2n) is 7.58. The van der Waals surface area contributed by atoms with Crippen molar-refractivity contribution in [2.75, 3.05) is 35.2 Å². The van der Waals surface area contributed by atoms with E-state index < -0.39 is 54.6 Å². The number of aromatic nitrogens is 4. The Labute approximate surface area is 231 Å². The number of ether oxygens (including phenoxy) is 1. The summed E-state index contributed by atoms with van der Waals surface area (Å²) < 4.78 is 53.0. The Balaban J connectivity index is 1.77. The highest BCUT2D eigenvalue weighted by Gasteiger charge is 2.47. The summed E-state index contributed by atoms with van der Waals surface area (Å²) in [4.78, 5) is 59.7. The summed E-state index contributed by atoms with van der Waals surface area (Å²) in [6.07, 6.45) is -5.38. The summed E-state index contributed by atoms with van der Waals surface area (Å²) in [5.74, 6) is -0.208. The van der Waals surface area contributed by atoms with Gasteiger partial charge in [0.25, 0.3) is 0 Å². The number of nitrogens with zero attached hydrogens (tertiary/aromatic N) is 4. The summed E-state index contributed by atoms with van der Waals surface area (Å²) in [6, 6.07) is 0. The topological polar surface area (TPSA) is 320 Å². The Morgan fingerprint density at radius 1 is 1.10 bits per heavy atom. The number of phosphoric acid groups is 3. The van der Waals surface area contributed by atoms with E-state index in [0.29, 0.717) is 0 Å². The molecule has 2 aromatic rings. The normalized spacial score (nSPS) is 24.8. The van der Waals surface area contributed by atoms with Crippen LogP contribution in [0, 0.1) is 0 Å². The van der Waals surface area contributed by atoms with E-state index in [0.717, 1.165) is 6.33 Å². The van der Waals surface area contributed by atoms with Crippen LogP contribution in [-0.2, 0) is 36.4 Å². The van der Waals surface area contributed by atoms with Crippen LogP contribution in [0.25, 0.3) is 11.2 Å². The van der Waals surface area contributed by atoms with Gasteiger partial charge in [-0.2, -0.15) is 8.62 Å². The molecule has 0 bridgehead atoms. The number of rotatable bonds is 13. The number of aliphatic hydroxyl groups excluding tert-OH is 2. The minimum atomic E-state index is -5.76. The molecular formula is C14H23IN7O14P3. The fourth-order valence-corrected chi connectivity index (χ4v) is 6.57. The first-order chi connectivity index (χ1) is 18.0. The Morgan fingerprint density at radius 3 is 2.44 bits per heavy atom. The molecule has 21 nitrogen and oxygen atoms in total. The smallest absolute Gasteiger partial charge is 0.387 e. The number of hydrogen-bond donors (Lipinski definition) is 9. The molecule has 0 saturated carbocycles. The van der Waals surface area contributed by atoms with E-state index in [1.165, 1.54) is 4.57 Å². The molecule has 25 heteroatoms. The van der Waals surface area contributed by atoms with E-state index in [1.54, 1.807) is 0 Å². The second kappa shape index (κ2) is 12.7. The number of aliphatic hydroxyl groups is 2. The van der Waals surface area contributed by atoms with Gasteiger partial charge in [0.05, 0.1) is 11.0 Å². The highest BCUT2D eigenvalue weighted by molar-refractivity contribution is 14.1. The molecule has 3 rings (SSSR count). The van der Waals surface area contributed by atoms with Crippen molar-refractivity contribution < 1.29 is 66.2 Å². The quantitative estimate of drug-likeness (QED) is 0.0481. The van der Waals surface area contributed by atoms with Gasteiger partial charge in [-0.15, -0.1) is 0 Å². The number of hydrogen-bond acceptors (Lipinski definition) is 15. The van der Waals surface area contributed by atoms with E-state index in [9.17, 15) is 38.5 Å². The number of halogens is 1. The van der Waals surface area contributed by atoms with Crippen molar-refractivity contribution in [1.29, 1.82) is 0 Å². The largest absolute Gasteiger partial charge is 0.490 e. The van der Waals surface area contributed by atoms with Gasteiger partial charge in [-0.1, -0.05) is 22.6 Å². The predicted molar refractivity (Wildman–Crippen MR) is 136 cm³/mol. The fraction of sp³-hybridized carbons (Fsp3) is 0.571. The molecule has 1 fully saturated rings. The molecule has 1 amide bonds. The third-order valence-electron chi connectivity index (χ3n) is 4.77. The Bertz CT molecular complexity index is 1340. The average molecular weight is 733 g/mol. The standard InChI is InChI=1S/C14H23IN7O14P3/c15-3-7(23)17-1-2-18-14-21-8-11(16)19-5-20-12(8)22(14)13-10(25)9(24)6(34-13)4-33-38(29,30)36-39(31,32)35-37(26,27)28/h5-6,9-10,13,24-25H,1-4H2,(H,17,23)(H,18,21)(H,29,30)(H,31,32)(H2,16,19,20)(H2,26,27,28). The average Bonchev–Trinajstić information content (AvgIpc) is 3.30. The Morgan fingerprint density at radius 2 is 1.79 bits per heavy atom. The minimum absolute atomic E-state index is 0.0303. The molecule has 1 aliphatic rings. The summed E-state index contributed by atoms with van der Waals surface area (Å²) in [6.45, 7) is -0.682. The van der Waals surface area contributed by atoms with E-state index >= 15 is 0 Å². The lowest BCUT2D eigenvalue weighted by atomic mass is 10.1. The number of phosphoric ester groups is 1. The van der Waals surface area contributed by atoms with Crippen LogP contribution in [-0.4, -0.2) is 97.6 Å². The third-order valence-corrected chi connectivity index (χ3v) is 9.26. The van der Waals surface area contributed by atoms with Crippen LogP contribution >= 0.6 is 46.1 Å². The van der Waals surface area contributed by atoms with Gasteiger partial charge in [0.1, 0.15) is 24.6 Å². The third kappa shape index (κ3) is 8.57. The number of nitrogens with two attached hydrogens (primary N) is 1. The minimum Gasteiger partial charge on any atom is -0.387 e. The highest BCUT2D eigenvalue weighted by atomic mass is 127. The highest BCUT2D eigenvalue weighted by Crippen LogP contribution is 2.66. The van der Waals surface area contributed by atoms with E-state index in [4.69, 9.17) is 20.3 Å². The van der Waals surface area contributed by atoms with Crippen LogP contribution in [0.3, 0.4) is 0 Å². The Hall–Kier alpha value is -1.36. The first-order valence-electron chi connectivity index (χ1n) is 10.4. The summed E-state index contributed by atoms with van der Waals surface area (Å²) >= 11 is 1.89. The van der Waals surface area contributed by atoms with Crippen LogP contribution in [0.2, 0.25) is 0 Å². The molecule has 6 unspecified atom stereocenters. The summed E-state index contributed by atoms with van der Waals surface area (Å²) in [7, 11) is -16.9. The number of nitrogens with one attached hydrogen (secondary N) is 2. The number of carbonyl (C=O) groups is 1. The van der Waals surface area contributed by atoms with Crippen LogP contribution in [0.5, 0.6) is 0 Å². The second-order valence-corrected chi connectivity index (χ2v) is 12.8. The molecule has 1 aliphatic heterocycles. The number of carbonyl (C=O) groups excluding carboxylic acids is 1. The molecule has 6 atom stereocenters. The number of amides is 1. The molecule has 0 spiro atoms. The molecule has 3 heterocycles. The summed E-state index contributed by atoms with van der Waals surface area (Å²) in [5, 5.41) is 26.7. The molecule has 39 heavy (non-hydrogen) atoms. The Kier molecular flexibility index (Phi) is 10.4. The first-order valence-corrected chi connectivity index (χ1v) is 16.4. The maximum absolute atomic E-state index is 12.0. The lowest BCUT2D eigenvalue weighted by molar-refractivity contribution is -0.118. The van der Waals surface area contributed by atoms with Gasteiger partial charge < -0.3 is 50.9 Å². The SMILES string of the molecule is Nc1ncnc2c1nc(NCCNC(=O)CI)n2C1OC(COP(=O)(O)OP(=O)(O)OP(=O)(O)O)C(O)C1O. The van der Waals surface area contributed by atoms with Crippen molar-refractivity contribution in [3.63, 3.8) is 0 Å². The fourth-order valence-electron chi connectivity index (χ4n) is 3.27. The zero-order valence-corrected chi connectivity index (χ0v) is 24.1. The van der Waals surface area contributed by atoms with Crippen LogP contribution in [0.4, 0.5) is 11.8 Å². The van der Waals surface area contributed by atoms with Gasteiger partial charge in [0.2, 0.25) is 11.9 Å². The number of nitrogen functional groups attached to an aromatic ring is 1. The molecule has 0 radical (unpaired) electrons. The van der Waals surface area contributed by atoms with Gasteiger partial charge in [-0.3, -0.25) is 13.9 Å². The molecule has 10 N–H and O–H groups in total. The molecule has 1 saturated heterocycles. The number of fused-ring (bicyclic) bond motifs is 1. The van der Waals surface area contributed by atoms with Crippen molar-refractivity contribution in [1.82, 2.24) is 24.8 Å². The molecule has 220 valence electrons. The monoisotopic (exact) mass is 733 g/mol. The van der Waals surface area contributed by atoms with Crippen LogP contribution in [0.15, 0.2) is 6.33 Å². The van der Waals surface area contributed by atoms with E-state index in [1.807, 2.05) is 22.6 Å². The first kappa shape index (κ1) is 32.2. The lowest BCUT2D eigenvalue weighted by Gasteiger charge is -2.20. The van der Waals surface area contributed by atoms with Gasteiger partial charge in [-0.05, 0) is 0 Å². The zero-order chi connectivity index (χ0) is 29.2. The van der Waals surface area contributed by atoms with Crippen molar-refractivity contribution in [3.05, 3.63) is 6.33 Å². The maximum atomic E-state index is 12.0. The molecular weight excluding hydrogens is 710 g/mol. The lowest BCUT2D eigenvalue weighted by Crippen LogP contribution is -2.34. The molecule has 0 aromatic carbocycles. The summed E-state index contributed by atoms with van der Waals surface area (Å²) in [5.41, 5.74) is 6.02. The maximum Gasteiger partial charge on any atom is 0.490 e. The predicted octanol–water partition coefficient (Wildman–Crippen LogP) is -1.67. The van der Waals surface area contributed by atoms with Gasteiger partial charge in [0.15, 0.2) is 23.2 Å². The van der Waals surface area contributed by atoms with Crippen molar-refractivity contribution in [3.8, 4) is 0 Å². The van der Waals surface area contributed by atoms with Gasteiger partial charge in [-0.25, -0.2) is 28.6 Å². The number of imidazole rings is 1. The van der Waals surface area contributed by atoms with Gasteiger partial charge >= 0.3 is 23.5 Å². The van der Waals surface area contributed by atoms with Crippen LogP contribution < -0.4 is 16.4 Å². The number of anilines is 2. The van der Waals surface area contributed by atoms with Crippen LogP contribution in [0.1, 0.15) is 6.23 Å². The van der Waals surface area contributed by atoms with Crippen molar-refractivity contribution in [2.45, 2.75) is 24.5 Å². The van der Waals surface area contributed by atoms with E-state index in [2.05, 4.69) is 38.7 Å². The molecule has 2 aromatic heterocycles.